The fourth-order valence-electron chi connectivity index (χ4n) is 3.05. The number of nitrogens with one attached hydrogen (secondary N) is 1. The predicted octanol–water partition coefficient (Wildman–Crippen LogP) is 5.61. The van der Waals surface area contributed by atoms with Crippen LogP contribution in [-0.4, -0.2) is 32.3 Å². The van der Waals surface area contributed by atoms with E-state index < -0.39 is 10.0 Å². The molecule has 9 heteroatoms. The number of benzene rings is 3. The fourth-order valence-corrected chi connectivity index (χ4v) is 4.67. The van der Waals surface area contributed by atoms with Gasteiger partial charge in [0.25, 0.3) is 0 Å². The van der Waals surface area contributed by atoms with E-state index in [2.05, 4.69) is 5.32 Å². The highest BCUT2D eigenvalue weighted by atomic mass is 35.5. The number of nitrogens with zero attached hydrogens (tertiary/aromatic N) is 1. The summed E-state index contributed by atoms with van der Waals surface area (Å²) in [4.78, 5) is 12.4. The zero-order valence-corrected chi connectivity index (χ0v) is 20.3. The van der Waals surface area contributed by atoms with Crippen LogP contribution in [-0.2, 0) is 21.4 Å². The molecule has 0 aliphatic heterocycles. The van der Waals surface area contributed by atoms with Gasteiger partial charge in [-0.3, -0.25) is 4.79 Å². The van der Waals surface area contributed by atoms with Gasteiger partial charge in [0, 0.05) is 30.7 Å². The molecule has 3 rings (SSSR count). The first-order valence-corrected chi connectivity index (χ1v) is 12.4. The van der Waals surface area contributed by atoms with Crippen LogP contribution in [0.4, 0.5) is 5.69 Å². The first-order chi connectivity index (χ1) is 15.8. The largest absolute Gasteiger partial charge is 0.492 e. The Morgan fingerprint density at radius 1 is 1.00 bits per heavy atom. The van der Waals surface area contributed by atoms with Crippen molar-refractivity contribution in [3.63, 3.8) is 0 Å². The van der Waals surface area contributed by atoms with Crippen molar-refractivity contribution in [1.82, 2.24) is 4.31 Å². The third-order valence-electron chi connectivity index (χ3n) is 4.79. The average Bonchev–Trinajstić information content (AvgIpc) is 2.79. The molecule has 0 aromatic heterocycles. The lowest BCUT2D eigenvalue weighted by atomic mass is 10.2. The number of sulfonamides is 1. The molecule has 0 aliphatic rings. The van der Waals surface area contributed by atoms with Crippen molar-refractivity contribution in [1.29, 1.82) is 0 Å². The molecule has 3 aromatic rings. The molecule has 0 aliphatic carbocycles. The van der Waals surface area contributed by atoms with Crippen LogP contribution in [0.3, 0.4) is 0 Å². The van der Waals surface area contributed by atoms with Crippen molar-refractivity contribution in [2.24, 2.45) is 0 Å². The minimum Gasteiger partial charge on any atom is -0.492 e. The van der Waals surface area contributed by atoms with Crippen molar-refractivity contribution in [2.75, 3.05) is 19.0 Å². The smallest absolute Gasteiger partial charge is 0.243 e. The Morgan fingerprint density at radius 2 is 1.70 bits per heavy atom. The van der Waals surface area contributed by atoms with Crippen LogP contribution in [0.1, 0.15) is 18.4 Å². The number of carbonyl (C=O) groups is 1. The molecule has 174 valence electrons. The lowest BCUT2D eigenvalue weighted by Crippen LogP contribution is -2.26. The Labute approximate surface area is 204 Å². The van der Waals surface area contributed by atoms with Gasteiger partial charge in [-0.15, -0.1) is 0 Å². The Kier molecular flexibility index (Phi) is 8.74. The molecule has 33 heavy (non-hydrogen) atoms. The molecule has 0 saturated heterocycles. The van der Waals surface area contributed by atoms with Gasteiger partial charge < -0.3 is 10.1 Å². The molecule has 0 heterocycles. The van der Waals surface area contributed by atoms with Gasteiger partial charge in [-0.25, -0.2) is 8.42 Å². The summed E-state index contributed by atoms with van der Waals surface area (Å²) in [6.45, 7) is 0.588. The summed E-state index contributed by atoms with van der Waals surface area (Å²) in [5.74, 6) is 0.313. The summed E-state index contributed by atoms with van der Waals surface area (Å²) in [5, 5.41) is 3.70. The van der Waals surface area contributed by atoms with Gasteiger partial charge in [0.05, 0.1) is 16.5 Å². The summed E-state index contributed by atoms with van der Waals surface area (Å²) < 4.78 is 32.5. The number of hydrogen-bond acceptors (Lipinski definition) is 4. The molecular weight excluding hydrogens is 483 g/mol. The van der Waals surface area contributed by atoms with Crippen molar-refractivity contribution in [3.05, 3.63) is 88.4 Å². The minimum absolute atomic E-state index is 0.159. The van der Waals surface area contributed by atoms with E-state index in [1.54, 1.807) is 30.3 Å². The molecule has 0 unspecified atom stereocenters. The molecule has 6 nitrogen and oxygen atoms in total. The van der Waals surface area contributed by atoms with Crippen molar-refractivity contribution in [2.45, 2.75) is 24.3 Å². The minimum atomic E-state index is -3.65. The Morgan fingerprint density at radius 3 is 2.36 bits per heavy atom. The van der Waals surface area contributed by atoms with E-state index in [1.165, 1.54) is 23.5 Å². The van der Waals surface area contributed by atoms with E-state index in [0.717, 1.165) is 5.56 Å². The van der Waals surface area contributed by atoms with E-state index in [0.29, 0.717) is 34.5 Å². The van der Waals surface area contributed by atoms with Crippen LogP contribution in [0.5, 0.6) is 5.75 Å². The number of halogens is 2. The molecule has 1 N–H and O–H groups in total. The van der Waals surface area contributed by atoms with Gasteiger partial charge in [-0.05, 0) is 54.4 Å². The molecule has 0 bridgehead atoms. The van der Waals surface area contributed by atoms with Gasteiger partial charge in [0.15, 0.2) is 0 Å². The molecule has 0 saturated carbocycles. The summed E-state index contributed by atoms with van der Waals surface area (Å²) >= 11 is 11.9. The quantitative estimate of drug-likeness (QED) is 0.362. The molecule has 1 amide bonds. The first kappa shape index (κ1) is 25.1. The van der Waals surface area contributed by atoms with Crippen LogP contribution in [0, 0.1) is 0 Å². The first-order valence-electron chi connectivity index (χ1n) is 10.2. The van der Waals surface area contributed by atoms with Crippen molar-refractivity contribution < 1.29 is 17.9 Å². The third-order valence-corrected chi connectivity index (χ3v) is 7.14. The Hall–Kier alpha value is -2.58. The number of hydrogen-bond donors (Lipinski definition) is 1. The van der Waals surface area contributed by atoms with Gasteiger partial charge >= 0.3 is 0 Å². The molecular formula is C24H24Cl2N2O4S. The summed E-state index contributed by atoms with van der Waals surface area (Å²) in [6.07, 6.45) is 0.729. The zero-order valence-electron chi connectivity index (χ0n) is 18.0. The lowest BCUT2D eigenvalue weighted by Gasteiger charge is -2.17. The topological polar surface area (TPSA) is 75.7 Å². The van der Waals surface area contributed by atoms with Crippen LogP contribution >= 0.6 is 23.2 Å². The SMILES string of the molecule is CN(Cc1ccccc1)S(=O)(=O)c1ccc(NC(=O)CCCOc2ccc(Cl)cc2Cl)cc1. The van der Waals surface area contributed by atoms with Crippen molar-refractivity contribution >= 4 is 44.8 Å². The normalized spacial score (nSPS) is 11.4. The van der Waals surface area contributed by atoms with Crippen LogP contribution in [0.2, 0.25) is 10.0 Å². The van der Waals surface area contributed by atoms with E-state index in [9.17, 15) is 13.2 Å². The van der Waals surface area contributed by atoms with Gasteiger partial charge in [-0.1, -0.05) is 53.5 Å². The number of anilines is 1. The number of ether oxygens (including phenoxy) is 1. The van der Waals surface area contributed by atoms with Gasteiger partial charge in [-0.2, -0.15) is 4.31 Å². The van der Waals surface area contributed by atoms with Gasteiger partial charge in [0.2, 0.25) is 15.9 Å². The summed E-state index contributed by atoms with van der Waals surface area (Å²) in [6, 6.07) is 20.4. The Balaban J connectivity index is 1.48. The number of carbonyl (C=O) groups excluding carboxylic acids is 1. The molecule has 0 fully saturated rings. The molecule has 0 atom stereocenters. The van der Waals surface area contributed by atoms with E-state index in [4.69, 9.17) is 27.9 Å². The molecule has 0 spiro atoms. The van der Waals surface area contributed by atoms with Crippen LogP contribution in [0.15, 0.2) is 77.7 Å². The zero-order chi connectivity index (χ0) is 23.8. The highest BCUT2D eigenvalue weighted by Crippen LogP contribution is 2.27. The number of rotatable bonds is 10. The number of amides is 1. The van der Waals surface area contributed by atoms with Gasteiger partial charge in [0.1, 0.15) is 5.75 Å². The summed E-state index contributed by atoms with van der Waals surface area (Å²) in [5.41, 5.74) is 1.42. The highest BCUT2D eigenvalue weighted by Gasteiger charge is 2.20. The maximum atomic E-state index is 12.8. The van der Waals surface area contributed by atoms with E-state index >= 15 is 0 Å². The van der Waals surface area contributed by atoms with E-state index in [-0.39, 0.29) is 23.8 Å². The second-order valence-corrected chi connectivity index (χ2v) is 10.2. The van der Waals surface area contributed by atoms with Crippen molar-refractivity contribution in [3.8, 4) is 5.75 Å². The molecule has 0 radical (unpaired) electrons. The Bertz CT molecular complexity index is 1190. The standard InChI is InChI=1S/C24H24Cl2N2O4S/c1-28(17-18-6-3-2-4-7-18)33(30,31)21-12-10-20(11-13-21)27-24(29)8-5-15-32-23-14-9-19(25)16-22(23)26/h2-4,6-7,9-14,16H,5,8,15,17H2,1H3,(H,27,29). The van der Waals surface area contributed by atoms with Crippen LogP contribution < -0.4 is 10.1 Å². The second kappa shape index (κ2) is 11.5. The fraction of sp³-hybridized carbons (Fsp3) is 0.208. The van der Waals surface area contributed by atoms with E-state index in [1.807, 2.05) is 30.3 Å². The predicted molar refractivity (Wildman–Crippen MR) is 131 cm³/mol. The monoisotopic (exact) mass is 506 g/mol. The highest BCUT2D eigenvalue weighted by molar-refractivity contribution is 7.89. The summed E-state index contributed by atoms with van der Waals surface area (Å²) in [7, 11) is -2.11. The second-order valence-electron chi connectivity index (χ2n) is 7.35. The molecule has 3 aromatic carbocycles. The third kappa shape index (κ3) is 7.20. The van der Waals surface area contributed by atoms with Crippen LogP contribution in [0.25, 0.3) is 0 Å². The lowest BCUT2D eigenvalue weighted by molar-refractivity contribution is -0.116. The average molecular weight is 507 g/mol. The maximum Gasteiger partial charge on any atom is 0.243 e. The maximum absolute atomic E-state index is 12.8.